The Morgan fingerprint density at radius 1 is 1.03 bits per heavy atom. The van der Waals surface area contributed by atoms with Gasteiger partial charge < -0.3 is 4.74 Å². The van der Waals surface area contributed by atoms with E-state index in [2.05, 4.69) is 20.4 Å². The van der Waals surface area contributed by atoms with Crippen LogP contribution < -0.4 is 11.0 Å². The molecule has 3 rings (SSSR count). The Morgan fingerprint density at radius 2 is 1.65 bits per heavy atom. The highest BCUT2D eigenvalue weighted by Crippen LogP contribution is 2.30. The molecule has 1 amide bonds. The lowest BCUT2D eigenvalue weighted by molar-refractivity contribution is -0.141. The van der Waals surface area contributed by atoms with Crippen molar-refractivity contribution in [3.8, 4) is 5.69 Å². The number of amides is 1. The minimum absolute atomic E-state index is 0.0989. The maximum Gasteiger partial charge on any atom is 0.433 e. The van der Waals surface area contributed by atoms with Gasteiger partial charge >= 0.3 is 12.1 Å². The zero-order valence-corrected chi connectivity index (χ0v) is 18.7. The number of aromatic nitrogens is 2. The number of hydrazone groups is 1. The summed E-state index contributed by atoms with van der Waals surface area (Å²) in [5.74, 6) is -1.33. The second kappa shape index (κ2) is 9.38. The van der Waals surface area contributed by atoms with Gasteiger partial charge in [0.15, 0.2) is 5.69 Å². The molecule has 0 saturated heterocycles. The van der Waals surface area contributed by atoms with E-state index in [-0.39, 0.29) is 22.5 Å². The molecule has 0 spiro atoms. The van der Waals surface area contributed by atoms with Crippen molar-refractivity contribution in [2.45, 2.75) is 26.9 Å². The Kier molecular flexibility index (Phi) is 6.75. The fourth-order valence-electron chi connectivity index (χ4n) is 3.16. The molecule has 0 bridgehead atoms. The predicted molar refractivity (Wildman–Crippen MR) is 118 cm³/mol. The standard InChI is InChI=1S/C23H21F3N4O4/c1-12-5-10-17(11-13(12)2)30-21(32)18(19(29-30)23(24,25)26)14(3)27-28-20(31)15-6-8-16(9-7-15)22(33)34-4/h5-11,29H,1-4H3,(H,28,31)/b27-14-. The van der Waals surface area contributed by atoms with Gasteiger partial charge in [0.25, 0.3) is 11.5 Å². The number of aromatic amines is 1. The van der Waals surface area contributed by atoms with Crippen LogP contribution in [-0.4, -0.2) is 34.5 Å². The van der Waals surface area contributed by atoms with Crippen LogP contribution in [0.2, 0.25) is 0 Å². The normalized spacial score (nSPS) is 11.9. The molecule has 11 heteroatoms. The smallest absolute Gasteiger partial charge is 0.433 e. The van der Waals surface area contributed by atoms with Crippen LogP contribution in [0.4, 0.5) is 13.2 Å². The summed E-state index contributed by atoms with van der Waals surface area (Å²) in [4.78, 5) is 36.7. The number of nitrogens with one attached hydrogen (secondary N) is 2. The van der Waals surface area contributed by atoms with Crippen LogP contribution in [0.1, 0.15) is 50.0 Å². The number of carbonyl (C=O) groups excluding carboxylic acids is 2. The summed E-state index contributed by atoms with van der Waals surface area (Å²) in [6.07, 6.45) is -4.87. The molecule has 2 N–H and O–H groups in total. The molecule has 2 aromatic carbocycles. The van der Waals surface area contributed by atoms with E-state index in [0.29, 0.717) is 0 Å². The minimum Gasteiger partial charge on any atom is -0.465 e. The molecule has 178 valence electrons. The average molecular weight is 474 g/mol. The van der Waals surface area contributed by atoms with Gasteiger partial charge in [-0.15, -0.1) is 0 Å². The number of ether oxygens (including phenoxy) is 1. The number of rotatable bonds is 5. The third-order valence-corrected chi connectivity index (χ3v) is 5.18. The first kappa shape index (κ1) is 24.5. The van der Waals surface area contributed by atoms with Gasteiger partial charge in [-0.3, -0.25) is 14.7 Å². The van der Waals surface area contributed by atoms with Crippen LogP contribution >= 0.6 is 0 Å². The summed E-state index contributed by atoms with van der Waals surface area (Å²) >= 11 is 0. The molecule has 1 aromatic heterocycles. The number of benzene rings is 2. The van der Waals surface area contributed by atoms with Crippen LogP contribution in [0.3, 0.4) is 0 Å². The SMILES string of the molecule is COC(=O)c1ccc(C(=O)N/N=C(/C)c2c(C(F)(F)F)[nH]n(-c3ccc(C)c(C)c3)c2=O)cc1. The van der Waals surface area contributed by atoms with Crippen molar-refractivity contribution in [1.82, 2.24) is 15.2 Å². The number of esters is 1. The number of hydrogen-bond donors (Lipinski definition) is 2. The number of H-pyrrole nitrogens is 1. The summed E-state index contributed by atoms with van der Waals surface area (Å²) in [6, 6.07) is 10.2. The Balaban J connectivity index is 1.95. The average Bonchev–Trinajstić information content (AvgIpc) is 3.16. The zero-order valence-electron chi connectivity index (χ0n) is 18.7. The quantitative estimate of drug-likeness (QED) is 0.334. The molecule has 0 atom stereocenters. The summed E-state index contributed by atoms with van der Waals surface area (Å²) < 4.78 is 46.4. The van der Waals surface area contributed by atoms with E-state index in [1.807, 2.05) is 6.92 Å². The summed E-state index contributed by atoms with van der Waals surface area (Å²) in [5, 5.41) is 5.83. The topological polar surface area (TPSA) is 106 Å². The summed E-state index contributed by atoms with van der Waals surface area (Å²) in [6.45, 7) is 4.80. The Bertz CT molecular complexity index is 1340. The summed E-state index contributed by atoms with van der Waals surface area (Å²) in [5.41, 5.74) is 1.09. The molecule has 0 fully saturated rings. The van der Waals surface area contributed by atoms with Crippen LogP contribution in [0.25, 0.3) is 5.69 Å². The van der Waals surface area contributed by atoms with E-state index in [9.17, 15) is 27.6 Å². The molecule has 8 nitrogen and oxygen atoms in total. The van der Waals surface area contributed by atoms with Crippen molar-refractivity contribution < 1.29 is 27.5 Å². The van der Waals surface area contributed by atoms with Crippen molar-refractivity contribution in [3.63, 3.8) is 0 Å². The third kappa shape index (κ3) is 4.92. The minimum atomic E-state index is -4.87. The Hall–Kier alpha value is -4.15. The van der Waals surface area contributed by atoms with Crippen molar-refractivity contribution in [2.75, 3.05) is 7.11 Å². The molecule has 1 heterocycles. The molecule has 0 saturated carbocycles. The molecular formula is C23H21F3N4O4. The molecule has 3 aromatic rings. The lowest BCUT2D eigenvalue weighted by Crippen LogP contribution is -2.24. The molecule has 0 radical (unpaired) electrons. The number of halogens is 3. The van der Waals surface area contributed by atoms with Gasteiger partial charge in [0.2, 0.25) is 0 Å². The highest BCUT2D eigenvalue weighted by Gasteiger charge is 2.39. The lowest BCUT2D eigenvalue weighted by Gasteiger charge is -2.07. The molecule has 0 aliphatic carbocycles. The Morgan fingerprint density at radius 3 is 2.21 bits per heavy atom. The largest absolute Gasteiger partial charge is 0.465 e. The number of hydrogen-bond acceptors (Lipinski definition) is 5. The number of carbonyl (C=O) groups is 2. The summed E-state index contributed by atoms with van der Waals surface area (Å²) in [7, 11) is 1.21. The van der Waals surface area contributed by atoms with Crippen molar-refractivity contribution >= 4 is 17.6 Å². The molecular weight excluding hydrogens is 453 g/mol. The molecule has 0 unspecified atom stereocenters. The van der Waals surface area contributed by atoms with Crippen molar-refractivity contribution in [3.05, 3.63) is 86.3 Å². The monoisotopic (exact) mass is 474 g/mol. The maximum atomic E-state index is 13.7. The van der Waals surface area contributed by atoms with Gasteiger partial charge in [-0.25, -0.2) is 14.9 Å². The molecule has 0 aliphatic heterocycles. The van der Waals surface area contributed by atoms with Gasteiger partial charge in [-0.1, -0.05) is 6.07 Å². The Labute approximate surface area is 192 Å². The maximum absolute atomic E-state index is 13.7. The van der Waals surface area contributed by atoms with Crippen LogP contribution in [0.15, 0.2) is 52.4 Å². The fourth-order valence-corrected chi connectivity index (χ4v) is 3.16. The van der Waals surface area contributed by atoms with Gasteiger partial charge in [-0.05, 0) is 68.3 Å². The van der Waals surface area contributed by atoms with Crippen molar-refractivity contribution in [1.29, 1.82) is 0 Å². The highest BCUT2D eigenvalue weighted by molar-refractivity contribution is 6.02. The van der Waals surface area contributed by atoms with Crippen LogP contribution in [0, 0.1) is 13.8 Å². The zero-order chi connectivity index (χ0) is 25.2. The van der Waals surface area contributed by atoms with E-state index >= 15 is 0 Å². The second-order valence-corrected chi connectivity index (χ2v) is 7.48. The molecule has 0 aliphatic rings. The van der Waals surface area contributed by atoms with Gasteiger partial charge in [-0.2, -0.15) is 18.3 Å². The second-order valence-electron chi connectivity index (χ2n) is 7.48. The van der Waals surface area contributed by atoms with E-state index in [1.165, 1.54) is 44.4 Å². The number of methoxy groups -OCH3 is 1. The molecule has 34 heavy (non-hydrogen) atoms. The number of nitrogens with zero attached hydrogens (tertiary/aromatic N) is 2. The van der Waals surface area contributed by atoms with Gasteiger partial charge in [0, 0.05) is 5.56 Å². The first-order chi connectivity index (χ1) is 15.9. The first-order valence-corrected chi connectivity index (χ1v) is 9.97. The number of alkyl halides is 3. The van der Waals surface area contributed by atoms with Gasteiger partial charge in [0.05, 0.1) is 29.6 Å². The first-order valence-electron chi connectivity index (χ1n) is 9.97. The predicted octanol–water partition coefficient (Wildman–Crippen LogP) is 3.74. The van der Waals surface area contributed by atoms with Crippen LogP contribution in [-0.2, 0) is 10.9 Å². The van der Waals surface area contributed by atoms with E-state index in [1.54, 1.807) is 19.1 Å². The van der Waals surface area contributed by atoms with E-state index < -0.39 is 34.9 Å². The van der Waals surface area contributed by atoms with E-state index in [0.717, 1.165) is 15.8 Å². The van der Waals surface area contributed by atoms with E-state index in [4.69, 9.17) is 0 Å². The number of aryl methyl sites for hydroxylation is 2. The van der Waals surface area contributed by atoms with Crippen molar-refractivity contribution in [2.24, 2.45) is 5.10 Å². The fraction of sp³-hybridized carbons (Fsp3) is 0.217. The van der Waals surface area contributed by atoms with Gasteiger partial charge in [0.1, 0.15) is 0 Å². The third-order valence-electron chi connectivity index (χ3n) is 5.18. The highest BCUT2D eigenvalue weighted by atomic mass is 19.4. The van der Waals surface area contributed by atoms with Crippen LogP contribution in [0.5, 0.6) is 0 Å². The lowest BCUT2D eigenvalue weighted by atomic mass is 10.1.